The molecule has 1 aromatic heterocycles. The molecule has 0 unspecified atom stereocenters. The Bertz CT molecular complexity index is 1650. The number of rotatable bonds is 7. The van der Waals surface area contributed by atoms with Crippen LogP contribution >= 0.6 is 0 Å². The molecule has 0 radical (unpaired) electrons. The number of para-hydroxylation sites is 1. The second-order valence-electron chi connectivity index (χ2n) is 8.73. The van der Waals surface area contributed by atoms with Crippen LogP contribution in [-0.4, -0.2) is 48.3 Å². The van der Waals surface area contributed by atoms with Crippen LogP contribution in [0, 0.1) is 6.92 Å². The van der Waals surface area contributed by atoms with E-state index in [9.17, 15) is 9.59 Å². The number of anilines is 1. The Labute approximate surface area is 195 Å². The van der Waals surface area contributed by atoms with Gasteiger partial charge in [0, 0.05) is 35.6 Å². The smallest absolute Gasteiger partial charge is 0.196 e. The summed E-state index contributed by atoms with van der Waals surface area (Å²) in [6.45, 7) is 4.09. The van der Waals surface area contributed by atoms with Crippen LogP contribution < -0.4 is 16.2 Å². The number of fused-ring (bicyclic) bond motifs is 5. The first kappa shape index (κ1) is 22.1. The highest BCUT2D eigenvalue weighted by atomic mass is 16.3. The first-order valence-electron chi connectivity index (χ1n) is 11.5. The number of nitrogens with one attached hydrogen (secondary N) is 2. The molecule has 174 valence electrons. The lowest BCUT2D eigenvalue weighted by Crippen LogP contribution is -2.25. The van der Waals surface area contributed by atoms with E-state index in [-0.39, 0.29) is 17.5 Å². The largest absolute Gasteiger partial charge is 0.453 e. The van der Waals surface area contributed by atoms with Crippen LogP contribution in [0.3, 0.4) is 0 Å². The number of aromatic amines is 1. The minimum Gasteiger partial charge on any atom is -0.453 e. The Morgan fingerprint density at radius 1 is 0.941 bits per heavy atom. The zero-order chi connectivity index (χ0) is 23.8. The second kappa shape index (κ2) is 8.93. The molecule has 0 aliphatic heterocycles. The van der Waals surface area contributed by atoms with E-state index in [2.05, 4.69) is 10.3 Å². The Kier molecular flexibility index (Phi) is 5.81. The number of H-pyrrole nitrogens is 1. The van der Waals surface area contributed by atoms with Crippen molar-refractivity contribution >= 4 is 49.4 Å². The quantitative estimate of drug-likeness (QED) is 0.194. The molecule has 5 rings (SSSR count). The van der Waals surface area contributed by atoms with Gasteiger partial charge in [-0.3, -0.25) is 9.59 Å². The molecule has 0 atom stereocenters. The summed E-state index contributed by atoms with van der Waals surface area (Å²) in [6, 6.07) is 14.5. The number of hydrogen-bond donors (Lipinski definition) is 3. The van der Waals surface area contributed by atoms with E-state index in [1.807, 2.05) is 43.1 Å². The Morgan fingerprint density at radius 3 is 2.41 bits per heavy atom. The molecule has 7 nitrogen and oxygen atoms in total. The number of aliphatic hydroxyl groups is 1. The van der Waals surface area contributed by atoms with Gasteiger partial charge in [0.1, 0.15) is 0 Å². The molecule has 0 saturated carbocycles. The van der Waals surface area contributed by atoms with Gasteiger partial charge in [-0.15, -0.1) is 0 Å². The molecular formula is C27H27N3O4. The third-order valence-corrected chi connectivity index (χ3v) is 6.38. The SMILES string of the molecule is Cc1cccc2oc3cc(NCCCN(C)CCO)c4c(=O)c5ccccc5c(=O)c4c3[nH]c12. The maximum absolute atomic E-state index is 13.7. The van der Waals surface area contributed by atoms with Crippen LogP contribution in [0.5, 0.6) is 0 Å². The molecule has 1 heterocycles. The van der Waals surface area contributed by atoms with Crippen LogP contribution in [0.1, 0.15) is 12.0 Å². The van der Waals surface area contributed by atoms with Crippen LogP contribution in [-0.2, 0) is 0 Å². The van der Waals surface area contributed by atoms with Crippen molar-refractivity contribution in [2.75, 3.05) is 38.6 Å². The van der Waals surface area contributed by atoms with Crippen molar-refractivity contribution in [2.24, 2.45) is 0 Å². The number of benzene rings is 4. The lowest BCUT2D eigenvalue weighted by Gasteiger charge is -2.16. The van der Waals surface area contributed by atoms with Gasteiger partial charge in [0.05, 0.1) is 28.4 Å². The maximum atomic E-state index is 13.7. The number of aryl methyl sites for hydroxylation is 1. The van der Waals surface area contributed by atoms with E-state index in [4.69, 9.17) is 9.52 Å². The van der Waals surface area contributed by atoms with E-state index in [1.165, 1.54) is 0 Å². The van der Waals surface area contributed by atoms with Crippen LogP contribution in [0.4, 0.5) is 5.69 Å². The molecule has 34 heavy (non-hydrogen) atoms. The van der Waals surface area contributed by atoms with Crippen molar-refractivity contribution < 1.29 is 9.52 Å². The standard InChI is InChI=1S/C27H27N3O4/c1-16-7-5-10-20-24(16)29-25-21(34-20)15-19(28-11-6-12-30(2)13-14-31)22-23(25)27(33)18-9-4-3-8-17(18)26(22)32/h3-5,7-10,15,28-29,31H,6,11-14H2,1-2H3. The summed E-state index contributed by atoms with van der Waals surface area (Å²) >= 11 is 0. The summed E-state index contributed by atoms with van der Waals surface area (Å²) in [5.41, 5.74) is 3.72. The zero-order valence-corrected chi connectivity index (χ0v) is 19.3. The topological polar surface area (TPSA) is 98.6 Å². The number of nitrogens with zero attached hydrogens (tertiary/aromatic N) is 1. The molecule has 0 spiro atoms. The molecule has 0 bridgehead atoms. The molecular weight excluding hydrogens is 430 g/mol. The van der Waals surface area contributed by atoms with Crippen molar-refractivity contribution in [3.8, 4) is 0 Å². The van der Waals surface area contributed by atoms with E-state index in [1.54, 1.807) is 24.3 Å². The van der Waals surface area contributed by atoms with Crippen molar-refractivity contribution in [1.82, 2.24) is 9.88 Å². The van der Waals surface area contributed by atoms with Gasteiger partial charge < -0.3 is 24.7 Å². The summed E-state index contributed by atoms with van der Waals surface area (Å²) in [7, 11) is 1.95. The number of likely N-dealkylation sites (N-methyl/N-ethyl adjacent to an activating group) is 1. The monoisotopic (exact) mass is 457 g/mol. The molecule has 0 amide bonds. The predicted octanol–water partition coefficient (Wildman–Crippen LogP) is 3.98. The number of aliphatic hydroxyl groups excluding tert-OH is 1. The van der Waals surface area contributed by atoms with Gasteiger partial charge in [0.15, 0.2) is 22.0 Å². The maximum Gasteiger partial charge on any atom is 0.196 e. The molecule has 0 aliphatic carbocycles. The van der Waals surface area contributed by atoms with Gasteiger partial charge in [-0.2, -0.15) is 0 Å². The lowest BCUT2D eigenvalue weighted by molar-refractivity contribution is 0.221. The molecule has 5 aromatic rings. The number of aromatic nitrogens is 1. The summed E-state index contributed by atoms with van der Waals surface area (Å²) in [5, 5.41) is 14.0. The van der Waals surface area contributed by atoms with Gasteiger partial charge in [0.25, 0.3) is 0 Å². The molecule has 0 saturated heterocycles. The lowest BCUT2D eigenvalue weighted by atomic mass is 9.99. The number of hydrogen-bond acceptors (Lipinski definition) is 6. The summed E-state index contributed by atoms with van der Waals surface area (Å²) < 4.78 is 6.21. The van der Waals surface area contributed by atoms with E-state index >= 15 is 0 Å². The van der Waals surface area contributed by atoms with Crippen molar-refractivity contribution in [3.63, 3.8) is 0 Å². The Balaban J connectivity index is 1.75. The first-order valence-corrected chi connectivity index (χ1v) is 11.5. The fourth-order valence-corrected chi connectivity index (χ4v) is 4.60. The highest BCUT2D eigenvalue weighted by molar-refractivity contribution is 6.14. The Morgan fingerprint density at radius 2 is 1.68 bits per heavy atom. The fourth-order valence-electron chi connectivity index (χ4n) is 4.60. The molecule has 0 fully saturated rings. The van der Waals surface area contributed by atoms with Gasteiger partial charge in [-0.05, 0) is 38.6 Å². The molecule has 7 heteroatoms. The first-order chi connectivity index (χ1) is 16.5. The van der Waals surface area contributed by atoms with Gasteiger partial charge >= 0.3 is 0 Å². The minimum absolute atomic E-state index is 0.115. The predicted molar refractivity (Wildman–Crippen MR) is 138 cm³/mol. The Hall–Kier alpha value is -3.68. The minimum atomic E-state index is -0.194. The summed E-state index contributed by atoms with van der Waals surface area (Å²) in [4.78, 5) is 32.7. The highest BCUT2D eigenvalue weighted by Crippen LogP contribution is 2.31. The molecule has 0 aliphatic rings. The van der Waals surface area contributed by atoms with Gasteiger partial charge in [0.2, 0.25) is 0 Å². The average Bonchev–Trinajstić information content (AvgIpc) is 2.84. The third-order valence-electron chi connectivity index (χ3n) is 6.38. The van der Waals surface area contributed by atoms with Crippen molar-refractivity contribution in [1.29, 1.82) is 0 Å². The fraction of sp³-hybridized carbons (Fsp3) is 0.259. The van der Waals surface area contributed by atoms with Crippen LogP contribution in [0.25, 0.3) is 43.7 Å². The normalized spacial score (nSPS) is 11.9. The zero-order valence-electron chi connectivity index (χ0n) is 19.3. The van der Waals surface area contributed by atoms with Crippen LogP contribution in [0.15, 0.2) is 62.5 Å². The van der Waals surface area contributed by atoms with Gasteiger partial charge in [-0.25, -0.2) is 0 Å². The van der Waals surface area contributed by atoms with E-state index in [0.29, 0.717) is 57.0 Å². The van der Waals surface area contributed by atoms with E-state index in [0.717, 1.165) is 24.0 Å². The van der Waals surface area contributed by atoms with E-state index < -0.39 is 0 Å². The molecule has 3 N–H and O–H groups in total. The van der Waals surface area contributed by atoms with Crippen molar-refractivity contribution in [2.45, 2.75) is 13.3 Å². The summed E-state index contributed by atoms with van der Waals surface area (Å²) in [6.07, 6.45) is 0.808. The third kappa shape index (κ3) is 3.73. The van der Waals surface area contributed by atoms with Gasteiger partial charge in [-0.1, -0.05) is 36.4 Å². The highest BCUT2D eigenvalue weighted by Gasteiger charge is 2.19. The average molecular weight is 458 g/mol. The molecule has 4 aromatic carbocycles. The van der Waals surface area contributed by atoms with Crippen molar-refractivity contribution in [3.05, 3.63) is 74.5 Å². The summed E-state index contributed by atoms with van der Waals surface area (Å²) in [5.74, 6) is 0. The van der Waals surface area contributed by atoms with Crippen LogP contribution in [0.2, 0.25) is 0 Å². The second-order valence-corrected chi connectivity index (χ2v) is 8.73.